The van der Waals surface area contributed by atoms with E-state index in [0.29, 0.717) is 22.3 Å². The molecule has 0 spiro atoms. The Morgan fingerprint density at radius 2 is 1.79 bits per heavy atom. The zero-order valence-corrected chi connectivity index (χ0v) is 14.6. The maximum atomic E-state index is 12.7. The molecule has 0 atom stereocenters. The van der Waals surface area contributed by atoms with Crippen LogP contribution in [0.3, 0.4) is 0 Å². The Morgan fingerprint density at radius 3 is 2.46 bits per heavy atom. The van der Waals surface area contributed by atoms with E-state index >= 15 is 0 Å². The summed E-state index contributed by atoms with van der Waals surface area (Å²) in [6, 6.07) is 12.6. The van der Waals surface area contributed by atoms with E-state index in [9.17, 15) is 9.59 Å². The molecule has 0 radical (unpaired) electrons. The third-order valence-corrected chi connectivity index (χ3v) is 4.46. The van der Waals surface area contributed by atoms with E-state index < -0.39 is 0 Å². The molecule has 3 rings (SSSR count). The monoisotopic (exact) mass is 362 g/mol. The van der Waals surface area contributed by atoms with E-state index in [4.69, 9.17) is 23.2 Å². The van der Waals surface area contributed by atoms with Crippen LogP contribution in [0.1, 0.15) is 12.5 Å². The summed E-state index contributed by atoms with van der Waals surface area (Å²) in [5.74, 6) is -0.375. The predicted octanol–water partition coefficient (Wildman–Crippen LogP) is 3.94. The summed E-state index contributed by atoms with van der Waals surface area (Å²) in [6.07, 6.45) is 0.824. The molecule has 6 heteroatoms. The van der Waals surface area contributed by atoms with Crippen molar-refractivity contribution >= 4 is 46.4 Å². The number of hydrogen-bond donors (Lipinski definition) is 0. The van der Waals surface area contributed by atoms with Gasteiger partial charge in [-0.25, -0.2) is 0 Å². The van der Waals surface area contributed by atoms with Crippen LogP contribution >= 0.6 is 23.2 Å². The second kappa shape index (κ2) is 6.83. The number of carbonyl (C=O) groups is 2. The average molecular weight is 363 g/mol. The van der Waals surface area contributed by atoms with Gasteiger partial charge in [0.25, 0.3) is 0 Å². The highest BCUT2D eigenvalue weighted by atomic mass is 35.5. The summed E-state index contributed by atoms with van der Waals surface area (Å²) in [5.41, 5.74) is 2.57. The lowest BCUT2D eigenvalue weighted by atomic mass is 10.2. The highest BCUT2D eigenvalue weighted by Crippen LogP contribution is 2.29. The van der Waals surface area contributed by atoms with Crippen molar-refractivity contribution in [2.24, 2.45) is 0 Å². The molecule has 0 saturated heterocycles. The molecule has 0 saturated carbocycles. The van der Waals surface area contributed by atoms with Crippen LogP contribution in [0.2, 0.25) is 10.0 Å². The summed E-state index contributed by atoms with van der Waals surface area (Å²) >= 11 is 12.0. The number of halogens is 2. The van der Waals surface area contributed by atoms with E-state index in [1.807, 2.05) is 24.3 Å². The molecule has 0 unspecified atom stereocenters. The van der Waals surface area contributed by atoms with Crippen LogP contribution in [0.25, 0.3) is 0 Å². The van der Waals surface area contributed by atoms with Gasteiger partial charge < -0.3 is 9.80 Å². The number of fused-ring (bicyclic) bond motifs is 1. The molecule has 0 bridgehead atoms. The number of nitrogens with zero attached hydrogens (tertiary/aromatic N) is 2. The van der Waals surface area contributed by atoms with E-state index in [0.717, 1.165) is 17.7 Å². The zero-order valence-electron chi connectivity index (χ0n) is 13.1. The first kappa shape index (κ1) is 16.8. The third kappa shape index (κ3) is 3.40. The molecule has 24 heavy (non-hydrogen) atoms. The summed E-state index contributed by atoms with van der Waals surface area (Å²) < 4.78 is 0. The average Bonchev–Trinajstić information content (AvgIpc) is 2.95. The topological polar surface area (TPSA) is 40.6 Å². The number of anilines is 2. The fourth-order valence-electron chi connectivity index (χ4n) is 2.90. The fourth-order valence-corrected chi connectivity index (χ4v) is 3.41. The Balaban J connectivity index is 1.84. The van der Waals surface area contributed by atoms with Gasteiger partial charge in [0.15, 0.2) is 0 Å². The quantitative estimate of drug-likeness (QED) is 0.829. The molecule has 0 N–H and O–H groups in total. The first-order valence-electron chi connectivity index (χ1n) is 7.58. The van der Waals surface area contributed by atoms with E-state index in [2.05, 4.69) is 0 Å². The van der Waals surface area contributed by atoms with Crippen molar-refractivity contribution in [1.82, 2.24) is 0 Å². The number of amides is 2. The lowest BCUT2D eigenvalue weighted by Gasteiger charge is -2.25. The van der Waals surface area contributed by atoms with E-state index in [-0.39, 0.29) is 18.4 Å². The smallest absolute Gasteiger partial charge is 0.247 e. The van der Waals surface area contributed by atoms with Gasteiger partial charge in [-0.3, -0.25) is 9.59 Å². The van der Waals surface area contributed by atoms with Gasteiger partial charge in [-0.05, 0) is 36.2 Å². The maximum absolute atomic E-state index is 12.7. The fraction of sp³-hybridized carbons (Fsp3) is 0.222. The van der Waals surface area contributed by atoms with Crippen molar-refractivity contribution in [2.45, 2.75) is 13.3 Å². The van der Waals surface area contributed by atoms with Crippen LogP contribution in [-0.4, -0.2) is 24.9 Å². The van der Waals surface area contributed by atoms with Crippen LogP contribution in [0.5, 0.6) is 0 Å². The lowest BCUT2D eigenvalue weighted by molar-refractivity contribution is -0.121. The van der Waals surface area contributed by atoms with Crippen molar-refractivity contribution in [3.8, 4) is 0 Å². The van der Waals surface area contributed by atoms with Gasteiger partial charge in [0, 0.05) is 34.9 Å². The maximum Gasteiger partial charge on any atom is 0.247 e. The van der Waals surface area contributed by atoms with Crippen molar-refractivity contribution < 1.29 is 9.59 Å². The SMILES string of the molecule is CC(=O)N(CC(=O)N1CCc2ccccc21)c1cc(Cl)cc(Cl)c1. The molecule has 2 amide bonds. The molecule has 2 aromatic rings. The third-order valence-electron chi connectivity index (χ3n) is 4.02. The molecule has 0 aliphatic carbocycles. The van der Waals surface area contributed by atoms with Crippen LogP contribution < -0.4 is 9.80 Å². The minimum atomic E-state index is -0.242. The van der Waals surface area contributed by atoms with Crippen molar-refractivity contribution in [1.29, 1.82) is 0 Å². The second-order valence-corrected chi connectivity index (χ2v) is 6.53. The zero-order chi connectivity index (χ0) is 17.3. The Bertz CT molecular complexity index is 787. The van der Waals surface area contributed by atoms with Gasteiger partial charge in [0.05, 0.1) is 0 Å². The highest BCUT2D eigenvalue weighted by molar-refractivity contribution is 6.35. The van der Waals surface area contributed by atoms with E-state index in [1.165, 1.54) is 11.8 Å². The minimum absolute atomic E-state index is 0.0552. The van der Waals surface area contributed by atoms with E-state index in [1.54, 1.807) is 23.1 Å². The molecule has 0 fully saturated rings. The number of rotatable bonds is 3. The van der Waals surface area contributed by atoms with Gasteiger partial charge in [0.2, 0.25) is 11.8 Å². The summed E-state index contributed by atoms with van der Waals surface area (Å²) in [7, 11) is 0. The van der Waals surface area contributed by atoms with Crippen LogP contribution in [0.4, 0.5) is 11.4 Å². The molecule has 1 aliphatic heterocycles. The Morgan fingerprint density at radius 1 is 1.12 bits per heavy atom. The Hall–Kier alpha value is -2.04. The number of para-hydroxylation sites is 1. The largest absolute Gasteiger partial charge is 0.310 e. The molecular weight excluding hydrogens is 347 g/mol. The molecule has 1 heterocycles. The van der Waals surface area contributed by atoms with Gasteiger partial charge in [-0.15, -0.1) is 0 Å². The molecule has 0 aromatic heterocycles. The van der Waals surface area contributed by atoms with Crippen molar-refractivity contribution in [2.75, 3.05) is 22.9 Å². The molecular formula is C18H16Cl2N2O2. The summed E-state index contributed by atoms with van der Waals surface area (Å²) in [6.45, 7) is 1.99. The Labute approximate surface area is 150 Å². The molecule has 2 aromatic carbocycles. The van der Waals surface area contributed by atoms with Gasteiger partial charge >= 0.3 is 0 Å². The standard InChI is InChI=1S/C18H16Cl2N2O2/c1-12(23)22(16-9-14(19)8-15(20)10-16)11-18(24)21-7-6-13-4-2-3-5-17(13)21/h2-5,8-10H,6-7,11H2,1H3. The van der Waals surface area contributed by atoms with Gasteiger partial charge in [-0.2, -0.15) is 0 Å². The van der Waals surface area contributed by atoms with Crippen LogP contribution in [0.15, 0.2) is 42.5 Å². The molecule has 4 nitrogen and oxygen atoms in total. The number of hydrogen-bond acceptors (Lipinski definition) is 2. The lowest BCUT2D eigenvalue weighted by Crippen LogP contribution is -2.41. The summed E-state index contributed by atoms with van der Waals surface area (Å²) in [5, 5.41) is 0.838. The van der Waals surface area contributed by atoms with Crippen LogP contribution in [0, 0.1) is 0 Å². The number of benzene rings is 2. The Kier molecular flexibility index (Phi) is 4.78. The van der Waals surface area contributed by atoms with Crippen LogP contribution in [-0.2, 0) is 16.0 Å². The van der Waals surface area contributed by atoms with Gasteiger partial charge in [0.1, 0.15) is 6.54 Å². The minimum Gasteiger partial charge on any atom is -0.310 e. The predicted molar refractivity (Wildman–Crippen MR) is 97.0 cm³/mol. The molecule has 1 aliphatic rings. The first-order chi connectivity index (χ1) is 11.5. The molecule has 124 valence electrons. The highest BCUT2D eigenvalue weighted by Gasteiger charge is 2.27. The summed E-state index contributed by atoms with van der Waals surface area (Å²) in [4.78, 5) is 27.9. The van der Waals surface area contributed by atoms with Crippen molar-refractivity contribution in [3.05, 3.63) is 58.1 Å². The van der Waals surface area contributed by atoms with Crippen molar-refractivity contribution in [3.63, 3.8) is 0 Å². The number of carbonyl (C=O) groups excluding carboxylic acids is 2. The van der Waals surface area contributed by atoms with Gasteiger partial charge in [-0.1, -0.05) is 41.4 Å². The first-order valence-corrected chi connectivity index (χ1v) is 8.34. The second-order valence-electron chi connectivity index (χ2n) is 5.66. The normalized spacial score (nSPS) is 12.9.